The van der Waals surface area contributed by atoms with Crippen molar-refractivity contribution in [2.75, 3.05) is 6.67 Å². The molecule has 0 aliphatic heterocycles. The minimum atomic E-state index is -6.58. The molecule has 0 aliphatic rings. The summed E-state index contributed by atoms with van der Waals surface area (Å²) in [5, 5.41) is 7.93. The molecule has 0 bridgehead atoms. The van der Waals surface area contributed by atoms with Crippen LogP contribution < -0.4 is 0 Å². The third-order valence-electron chi connectivity index (χ3n) is 1.85. The van der Waals surface area contributed by atoms with Crippen molar-refractivity contribution in [3.05, 3.63) is 11.7 Å². The highest BCUT2D eigenvalue weighted by atomic mass is 19.4. The van der Waals surface area contributed by atoms with Crippen LogP contribution in [0.15, 0.2) is 11.7 Å². The molecular formula is C7H3F9O2. The van der Waals surface area contributed by atoms with Gasteiger partial charge in [-0.25, -0.2) is 13.6 Å². The summed E-state index contributed by atoms with van der Waals surface area (Å²) < 4.78 is 110. The Labute approximate surface area is 92.7 Å². The van der Waals surface area contributed by atoms with Gasteiger partial charge in [0.25, 0.3) is 11.7 Å². The zero-order chi connectivity index (χ0) is 14.9. The van der Waals surface area contributed by atoms with E-state index in [2.05, 4.69) is 0 Å². The van der Waals surface area contributed by atoms with Crippen molar-refractivity contribution in [1.29, 1.82) is 0 Å². The van der Waals surface area contributed by atoms with Gasteiger partial charge in [-0.1, -0.05) is 0 Å². The molecule has 0 rings (SSSR count). The smallest absolute Gasteiger partial charge is 0.431 e. The van der Waals surface area contributed by atoms with Crippen molar-refractivity contribution in [2.24, 2.45) is 0 Å². The Hall–Kier alpha value is -1.42. The fourth-order valence-electron chi connectivity index (χ4n) is 0.870. The van der Waals surface area contributed by atoms with Crippen LogP contribution in [0.3, 0.4) is 0 Å². The molecule has 0 aliphatic carbocycles. The van der Waals surface area contributed by atoms with Crippen molar-refractivity contribution in [3.63, 3.8) is 0 Å². The largest absolute Gasteiger partial charge is 0.478 e. The lowest BCUT2D eigenvalue weighted by Crippen LogP contribution is -2.59. The topological polar surface area (TPSA) is 37.3 Å². The van der Waals surface area contributed by atoms with Gasteiger partial charge in [0.15, 0.2) is 5.57 Å². The van der Waals surface area contributed by atoms with Crippen LogP contribution in [0.25, 0.3) is 0 Å². The molecule has 0 aromatic heterocycles. The molecule has 0 saturated carbocycles. The van der Waals surface area contributed by atoms with Gasteiger partial charge >= 0.3 is 18.1 Å². The Morgan fingerprint density at radius 1 is 1.00 bits per heavy atom. The highest BCUT2D eigenvalue weighted by molar-refractivity contribution is 5.89. The molecule has 1 unspecified atom stereocenters. The van der Waals surface area contributed by atoms with Crippen LogP contribution in [0.5, 0.6) is 0 Å². The Kier molecular flexibility index (Phi) is 4.32. The number of alkyl halides is 7. The Morgan fingerprint density at radius 2 is 1.39 bits per heavy atom. The zero-order valence-corrected chi connectivity index (χ0v) is 7.96. The summed E-state index contributed by atoms with van der Waals surface area (Å²) in [6.45, 7) is -3.42. The number of hydrogen-bond acceptors (Lipinski definition) is 1. The summed E-state index contributed by atoms with van der Waals surface area (Å²) in [6, 6.07) is 0. The predicted octanol–water partition coefficient (Wildman–Crippen LogP) is 3.10. The van der Waals surface area contributed by atoms with Gasteiger partial charge in [-0.3, -0.25) is 0 Å². The SMILES string of the molecule is O=C(O)C(=C(F)F)C(F)(F)C(F)(CF)C(F)(F)F. The minimum Gasteiger partial charge on any atom is -0.478 e. The average molecular weight is 290 g/mol. The highest BCUT2D eigenvalue weighted by Crippen LogP contribution is 2.49. The van der Waals surface area contributed by atoms with E-state index in [4.69, 9.17) is 5.11 Å². The molecular weight excluding hydrogens is 287 g/mol. The van der Waals surface area contributed by atoms with E-state index >= 15 is 0 Å². The first-order valence-corrected chi connectivity index (χ1v) is 3.81. The normalized spacial score (nSPS) is 16.1. The maximum Gasteiger partial charge on any atom is 0.431 e. The first-order valence-electron chi connectivity index (χ1n) is 3.81. The first-order chi connectivity index (χ1) is 7.83. The summed E-state index contributed by atoms with van der Waals surface area (Å²) in [4.78, 5) is 10.0. The lowest BCUT2D eigenvalue weighted by atomic mass is 9.92. The molecule has 18 heavy (non-hydrogen) atoms. The lowest BCUT2D eigenvalue weighted by Gasteiger charge is -2.32. The van der Waals surface area contributed by atoms with Gasteiger partial charge in [-0.15, -0.1) is 0 Å². The molecule has 1 atom stereocenters. The Balaban J connectivity index is 6.05. The van der Waals surface area contributed by atoms with Crippen LogP contribution in [0.4, 0.5) is 39.5 Å². The molecule has 0 saturated heterocycles. The molecule has 0 radical (unpaired) electrons. The van der Waals surface area contributed by atoms with Crippen LogP contribution in [0.2, 0.25) is 0 Å². The van der Waals surface area contributed by atoms with Gasteiger partial charge in [0.2, 0.25) is 0 Å². The lowest BCUT2D eigenvalue weighted by molar-refractivity contribution is -0.296. The van der Waals surface area contributed by atoms with Crippen molar-refractivity contribution >= 4 is 5.97 Å². The Bertz CT molecular complexity index is 368. The number of aliphatic carboxylic acids is 1. The monoisotopic (exact) mass is 290 g/mol. The van der Waals surface area contributed by atoms with Gasteiger partial charge in [-0.2, -0.15) is 30.7 Å². The molecule has 0 aromatic rings. The van der Waals surface area contributed by atoms with Crippen LogP contribution in [0.1, 0.15) is 0 Å². The second-order valence-corrected chi connectivity index (χ2v) is 2.95. The van der Waals surface area contributed by atoms with E-state index in [9.17, 15) is 44.3 Å². The average Bonchev–Trinajstić information content (AvgIpc) is 2.12. The van der Waals surface area contributed by atoms with E-state index in [-0.39, 0.29) is 0 Å². The van der Waals surface area contributed by atoms with Crippen LogP contribution in [0, 0.1) is 0 Å². The van der Waals surface area contributed by atoms with E-state index in [1.54, 1.807) is 0 Å². The molecule has 0 fully saturated rings. The zero-order valence-electron chi connectivity index (χ0n) is 7.96. The maximum atomic E-state index is 12.9. The van der Waals surface area contributed by atoms with Crippen molar-refractivity contribution in [3.8, 4) is 0 Å². The number of carbonyl (C=O) groups is 1. The predicted molar refractivity (Wildman–Crippen MR) is 37.7 cm³/mol. The van der Waals surface area contributed by atoms with Crippen molar-refractivity contribution in [1.82, 2.24) is 0 Å². The number of carboxylic acids is 1. The molecule has 0 aromatic carbocycles. The summed E-state index contributed by atoms with van der Waals surface area (Å²) in [6.07, 6.45) is -10.3. The second-order valence-electron chi connectivity index (χ2n) is 2.95. The first kappa shape index (κ1) is 16.6. The highest BCUT2D eigenvalue weighted by Gasteiger charge is 2.74. The second kappa shape index (κ2) is 4.69. The van der Waals surface area contributed by atoms with Gasteiger partial charge in [0.1, 0.15) is 6.67 Å². The quantitative estimate of drug-likeness (QED) is 0.638. The van der Waals surface area contributed by atoms with Gasteiger partial charge < -0.3 is 5.11 Å². The molecule has 1 N–H and O–H groups in total. The molecule has 106 valence electrons. The molecule has 0 spiro atoms. The van der Waals surface area contributed by atoms with Crippen LogP contribution >= 0.6 is 0 Å². The van der Waals surface area contributed by atoms with E-state index in [0.717, 1.165) is 0 Å². The minimum absolute atomic E-state index is 3.19. The van der Waals surface area contributed by atoms with E-state index < -0.39 is 42.1 Å². The maximum absolute atomic E-state index is 12.9. The standard InChI is InChI=1S/C7H3F9O2/c8-1-5(11,7(14,15)16)6(12,13)2(3(9)10)4(17)18/h1H2,(H,17,18). The van der Waals surface area contributed by atoms with Gasteiger partial charge in [0.05, 0.1) is 0 Å². The molecule has 2 nitrogen and oxygen atoms in total. The fourth-order valence-corrected chi connectivity index (χ4v) is 0.870. The van der Waals surface area contributed by atoms with E-state index in [1.165, 1.54) is 0 Å². The molecule has 0 heterocycles. The third kappa shape index (κ3) is 2.38. The summed E-state index contributed by atoms with van der Waals surface area (Å²) in [7, 11) is 0. The van der Waals surface area contributed by atoms with Crippen LogP contribution in [-0.4, -0.2) is 35.5 Å². The summed E-state index contributed by atoms with van der Waals surface area (Å²) in [5.41, 5.74) is -9.50. The van der Waals surface area contributed by atoms with Gasteiger partial charge in [-0.05, 0) is 0 Å². The third-order valence-corrected chi connectivity index (χ3v) is 1.85. The number of halogens is 9. The Morgan fingerprint density at radius 3 is 1.56 bits per heavy atom. The summed E-state index contributed by atoms with van der Waals surface area (Å²) >= 11 is 0. The summed E-state index contributed by atoms with van der Waals surface area (Å²) in [5.74, 6) is -9.48. The van der Waals surface area contributed by atoms with Crippen LogP contribution in [-0.2, 0) is 4.79 Å². The fraction of sp³-hybridized carbons (Fsp3) is 0.571. The van der Waals surface area contributed by atoms with Gasteiger partial charge in [0, 0.05) is 0 Å². The van der Waals surface area contributed by atoms with E-state index in [1.807, 2.05) is 0 Å². The van der Waals surface area contributed by atoms with E-state index in [0.29, 0.717) is 0 Å². The molecule has 0 amide bonds. The number of hydrogen-bond donors (Lipinski definition) is 1. The number of rotatable bonds is 4. The molecule has 11 heteroatoms. The van der Waals surface area contributed by atoms with Crippen molar-refractivity contribution < 1.29 is 49.4 Å². The van der Waals surface area contributed by atoms with Crippen molar-refractivity contribution in [2.45, 2.75) is 17.8 Å². The number of carboxylic acid groups (broad SMARTS) is 1.